The van der Waals surface area contributed by atoms with Gasteiger partial charge in [-0.05, 0) is 31.0 Å². The lowest BCUT2D eigenvalue weighted by Crippen LogP contribution is -2.33. The van der Waals surface area contributed by atoms with E-state index >= 15 is 0 Å². The largest absolute Gasteiger partial charge is 0.491 e. The SMILES string of the molecule is O=C1CCCc2c(OCCN3C(=O)c4ccccc4C3=O)cccc21. The second kappa shape index (κ2) is 6.16. The van der Waals surface area contributed by atoms with Crippen LogP contribution in [-0.4, -0.2) is 35.6 Å². The van der Waals surface area contributed by atoms with E-state index < -0.39 is 0 Å². The lowest BCUT2D eigenvalue weighted by atomic mass is 9.90. The van der Waals surface area contributed by atoms with E-state index in [1.54, 1.807) is 30.3 Å². The zero-order chi connectivity index (χ0) is 17.4. The maximum atomic E-state index is 12.3. The summed E-state index contributed by atoms with van der Waals surface area (Å²) in [5, 5.41) is 0. The summed E-state index contributed by atoms with van der Waals surface area (Å²) in [5.74, 6) is 0.248. The molecular formula is C20H17NO4. The molecule has 5 nitrogen and oxygen atoms in total. The number of carbonyl (C=O) groups excluding carboxylic acids is 3. The number of benzene rings is 2. The predicted octanol–water partition coefficient (Wildman–Crippen LogP) is 2.88. The molecule has 25 heavy (non-hydrogen) atoms. The standard InChI is InChI=1S/C20H17NO4/c22-17-9-3-8-14-13(17)7-4-10-18(14)25-12-11-21-19(23)15-5-1-2-6-16(15)20(21)24/h1-2,4-7,10H,3,8-9,11-12H2. The van der Waals surface area contributed by atoms with Gasteiger partial charge in [-0.15, -0.1) is 0 Å². The van der Waals surface area contributed by atoms with Crippen molar-refractivity contribution in [2.24, 2.45) is 0 Å². The molecule has 5 heteroatoms. The Hall–Kier alpha value is -2.95. The zero-order valence-corrected chi connectivity index (χ0v) is 13.7. The van der Waals surface area contributed by atoms with Gasteiger partial charge in [0.05, 0.1) is 17.7 Å². The highest BCUT2D eigenvalue weighted by molar-refractivity contribution is 6.21. The van der Waals surface area contributed by atoms with E-state index in [2.05, 4.69) is 0 Å². The molecule has 1 aliphatic carbocycles. The van der Waals surface area contributed by atoms with Gasteiger partial charge in [-0.2, -0.15) is 0 Å². The molecule has 0 saturated heterocycles. The van der Waals surface area contributed by atoms with Gasteiger partial charge in [-0.25, -0.2) is 0 Å². The number of hydrogen-bond donors (Lipinski definition) is 0. The van der Waals surface area contributed by atoms with Crippen molar-refractivity contribution in [3.05, 3.63) is 64.7 Å². The Morgan fingerprint density at radius 2 is 1.52 bits per heavy atom. The lowest BCUT2D eigenvalue weighted by Gasteiger charge is -2.20. The summed E-state index contributed by atoms with van der Waals surface area (Å²) in [6, 6.07) is 12.3. The zero-order valence-electron chi connectivity index (χ0n) is 13.7. The first-order valence-corrected chi connectivity index (χ1v) is 8.40. The second-order valence-electron chi connectivity index (χ2n) is 6.21. The minimum atomic E-state index is -0.283. The van der Waals surface area contributed by atoms with Crippen LogP contribution in [-0.2, 0) is 6.42 Å². The van der Waals surface area contributed by atoms with Gasteiger partial charge < -0.3 is 4.74 Å². The van der Waals surface area contributed by atoms with Crippen molar-refractivity contribution >= 4 is 17.6 Å². The number of fused-ring (bicyclic) bond motifs is 2. The van der Waals surface area contributed by atoms with Crippen LogP contribution in [0.25, 0.3) is 0 Å². The van der Waals surface area contributed by atoms with Crippen LogP contribution in [0.5, 0.6) is 5.75 Å². The summed E-state index contributed by atoms with van der Waals surface area (Å²) in [4.78, 5) is 37.9. The number of Topliss-reactive ketones (excluding diaryl/α,β-unsaturated/α-hetero) is 1. The fraction of sp³-hybridized carbons (Fsp3) is 0.250. The molecule has 0 saturated carbocycles. The summed E-state index contributed by atoms with van der Waals surface area (Å²) < 4.78 is 5.81. The van der Waals surface area contributed by atoms with E-state index in [0.29, 0.717) is 23.3 Å². The molecule has 0 radical (unpaired) electrons. The summed E-state index contributed by atoms with van der Waals surface area (Å²) in [7, 11) is 0. The van der Waals surface area contributed by atoms with Crippen molar-refractivity contribution in [1.29, 1.82) is 0 Å². The van der Waals surface area contributed by atoms with E-state index in [9.17, 15) is 14.4 Å². The van der Waals surface area contributed by atoms with Crippen LogP contribution < -0.4 is 4.74 Å². The molecule has 0 fully saturated rings. The van der Waals surface area contributed by atoms with E-state index in [0.717, 1.165) is 24.0 Å². The Bertz CT molecular complexity index is 852. The quantitative estimate of drug-likeness (QED) is 0.806. The van der Waals surface area contributed by atoms with Crippen LogP contribution in [0.15, 0.2) is 42.5 Å². The molecular weight excluding hydrogens is 318 g/mol. The van der Waals surface area contributed by atoms with Crippen molar-refractivity contribution in [2.75, 3.05) is 13.2 Å². The van der Waals surface area contributed by atoms with Crippen LogP contribution >= 0.6 is 0 Å². The third-order valence-corrected chi connectivity index (χ3v) is 4.71. The lowest BCUT2D eigenvalue weighted by molar-refractivity contribution is 0.0631. The molecule has 2 aromatic rings. The van der Waals surface area contributed by atoms with Crippen LogP contribution in [0.1, 0.15) is 49.5 Å². The van der Waals surface area contributed by atoms with Crippen molar-refractivity contribution < 1.29 is 19.1 Å². The summed E-state index contributed by atoms with van der Waals surface area (Å²) >= 11 is 0. The molecule has 0 unspecified atom stereocenters. The second-order valence-corrected chi connectivity index (χ2v) is 6.21. The molecule has 0 atom stereocenters. The highest BCUT2D eigenvalue weighted by atomic mass is 16.5. The van der Waals surface area contributed by atoms with Crippen molar-refractivity contribution in [3.63, 3.8) is 0 Å². The first kappa shape index (κ1) is 15.6. The normalized spacial score (nSPS) is 16.0. The Kier molecular flexibility index (Phi) is 3.84. The minimum Gasteiger partial charge on any atom is -0.491 e. The van der Waals surface area contributed by atoms with E-state index in [-0.39, 0.29) is 30.7 Å². The highest BCUT2D eigenvalue weighted by Crippen LogP contribution is 2.29. The average Bonchev–Trinajstić information content (AvgIpc) is 2.88. The first-order valence-electron chi connectivity index (χ1n) is 8.40. The fourth-order valence-electron chi connectivity index (χ4n) is 3.47. The molecule has 0 bridgehead atoms. The Morgan fingerprint density at radius 3 is 2.24 bits per heavy atom. The summed E-state index contributed by atoms with van der Waals surface area (Å²) in [6.07, 6.45) is 2.21. The molecule has 1 aliphatic heterocycles. The predicted molar refractivity (Wildman–Crippen MR) is 91.0 cm³/mol. The van der Waals surface area contributed by atoms with Crippen LogP contribution in [0.2, 0.25) is 0 Å². The smallest absolute Gasteiger partial charge is 0.261 e. The topological polar surface area (TPSA) is 63.7 Å². The molecule has 2 aromatic carbocycles. The number of hydrogen-bond acceptors (Lipinski definition) is 4. The van der Waals surface area contributed by atoms with Crippen molar-refractivity contribution in [3.8, 4) is 5.75 Å². The third-order valence-electron chi connectivity index (χ3n) is 4.71. The molecule has 0 aromatic heterocycles. The maximum Gasteiger partial charge on any atom is 0.261 e. The van der Waals surface area contributed by atoms with Crippen LogP contribution in [0.3, 0.4) is 0 Å². The monoisotopic (exact) mass is 335 g/mol. The van der Waals surface area contributed by atoms with E-state index in [1.807, 2.05) is 12.1 Å². The number of carbonyl (C=O) groups is 3. The van der Waals surface area contributed by atoms with Gasteiger partial charge in [-0.1, -0.05) is 24.3 Å². The highest BCUT2D eigenvalue weighted by Gasteiger charge is 2.34. The van der Waals surface area contributed by atoms with E-state index in [1.165, 1.54) is 4.90 Å². The molecule has 4 rings (SSSR count). The molecule has 2 amide bonds. The fourth-order valence-corrected chi connectivity index (χ4v) is 3.47. The van der Waals surface area contributed by atoms with Gasteiger partial charge in [-0.3, -0.25) is 19.3 Å². The Labute approximate surface area is 145 Å². The molecule has 1 heterocycles. The van der Waals surface area contributed by atoms with Gasteiger partial charge in [0.1, 0.15) is 12.4 Å². The Morgan fingerprint density at radius 1 is 0.840 bits per heavy atom. The van der Waals surface area contributed by atoms with Gasteiger partial charge >= 0.3 is 0 Å². The molecule has 0 N–H and O–H groups in total. The van der Waals surface area contributed by atoms with Crippen LogP contribution in [0, 0.1) is 0 Å². The van der Waals surface area contributed by atoms with Gasteiger partial charge in [0.15, 0.2) is 5.78 Å². The number of rotatable bonds is 4. The van der Waals surface area contributed by atoms with Crippen LogP contribution in [0.4, 0.5) is 0 Å². The van der Waals surface area contributed by atoms with E-state index in [4.69, 9.17) is 4.74 Å². The number of amides is 2. The first-order chi connectivity index (χ1) is 12.2. The van der Waals surface area contributed by atoms with Gasteiger partial charge in [0, 0.05) is 17.5 Å². The summed E-state index contributed by atoms with van der Waals surface area (Å²) in [5.41, 5.74) is 2.54. The average molecular weight is 335 g/mol. The third kappa shape index (κ3) is 2.61. The number of ether oxygens (including phenoxy) is 1. The van der Waals surface area contributed by atoms with Gasteiger partial charge in [0.2, 0.25) is 0 Å². The molecule has 126 valence electrons. The number of ketones is 1. The molecule has 2 aliphatic rings. The Balaban J connectivity index is 1.46. The van der Waals surface area contributed by atoms with Crippen molar-refractivity contribution in [1.82, 2.24) is 4.90 Å². The molecule has 0 spiro atoms. The van der Waals surface area contributed by atoms with Crippen molar-refractivity contribution in [2.45, 2.75) is 19.3 Å². The summed E-state index contributed by atoms with van der Waals surface area (Å²) in [6.45, 7) is 0.389. The number of nitrogens with zero attached hydrogens (tertiary/aromatic N) is 1. The minimum absolute atomic E-state index is 0.145. The number of imide groups is 1. The van der Waals surface area contributed by atoms with Gasteiger partial charge in [0.25, 0.3) is 11.8 Å². The maximum absolute atomic E-state index is 12.3.